The number of hydrogen-bond acceptors (Lipinski definition) is 5. The second-order valence-electron chi connectivity index (χ2n) is 5.34. The number of nitrogens with zero attached hydrogens (tertiary/aromatic N) is 1. The molecule has 0 amide bonds. The number of rotatable bonds is 6. The summed E-state index contributed by atoms with van der Waals surface area (Å²) in [5.74, 6) is 1.77. The average Bonchev–Trinajstić information content (AvgIpc) is 3.13. The molecule has 1 heterocycles. The van der Waals surface area contributed by atoms with E-state index in [0.717, 1.165) is 31.0 Å². The Hall–Kier alpha value is 0.220. The molecule has 0 aromatic carbocycles. The van der Waals surface area contributed by atoms with Crippen LogP contribution in [0.4, 0.5) is 0 Å². The molecule has 18 heavy (non-hydrogen) atoms. The molecule has 2 unspecified atom stereocenters. The predicted octanol–water partition coefficient (Wildman–Crippen LogP) is 0.937. The zero-order valence-electron chi connectivity index (χ0n) is 11.3. The van der Waals surface area contributed by atoms with Crippen molar-refractivity contribution < 1.29 is 8.42 Å². The smallest absolute Gasteiger partial charge is 0.164 e. The Morgan fingerprint density at radius 3 is 2.72 bits per heavy atom. The topological polar surface area (TPSA) is 49.4 Å². The fourth-order valence-electron chi connectivity index (χ4n) is 2.47. The highest BCUT2D eigenvalue weighted by atomic mass is 32.2. The van der Waals surface area contributed by atoms with Crippen LogP contribution >= 0.6 is 11.8 Å². The molecule has 2 aliphatic rings. The van der Waals surface area contributed by atoms with E-state index in [1.54, 1.807) is 11.8 Å². The lowest BCUT2D eigenvalue weighted by molar-refractivity contribution is 0.182. The van der Waals surface area contributed by atoms with Crippen molar-refractivity contribution in [1.82, 2.24) is 10.2 Å². The van der Waals surface area contributed by atoms with Crippen LogP contribution in [0.15, 0.2) is 0 Å². The lowest BCUT2D eigenvalue weighted by Gasteiger charge is -2.39. The monoisotopic (exact) mass is 292 g/mol. The van der Waals surface area contributed by atoms with E-state index in [0.29, 0.717) is 12.1 Å². The van der Waals surface area contributed by atoms with Crippen molar-refractivity contribution in [2.24, 2.45) is 0 Å². The zero-order valence-corrected chi connectivity index (χ0v) is 12.9. The third-order valence-corrected chi connectivity index (χ3v) is 6.44. The Labute approximate surface area is 115 Å². The summed E-state index contributed by atoms with van der Waals surface area (Å²) in [7, 11) is -2.98. The van der Waals surface area contributed by atoms with E-state index in [9.17, 15) is 8.42 Å². The summed E-state index contributed by atoms with van der Waals surface area (Å²) in [4.78, 5) is 2.21. The second-order valence-corrected chi connectivity index (χ2v) is 8.69. The highest BCUT2D eigenvalue weighted by molar-refractivity contribution is 8.00. The summed E-state index contributed by atoms with van der Waals surface area (Å²) >= 11 is 1.76. The highest BCUT2D eigenvalue weighted by Crippen LogP contribution is 2.24. The van der Waals surface area contributed by atoms with Crippen LogP contribution in [0.2, 0.25) is 0 Å². The van der Waals surface area contributed by atoms with E-state index >= 15 is 0 Å². The van der Waals surface area contributed by atoms with Gasteiger partial charge >= 0.3 is 0 Å². The van der Waals surface area contributed by atoms with Crippen LogP contribution < -0.4 is 5.32 Å². The summed E-state index contributed by atoms with van der Waals surface area (Å²) in [6.45, 7) is 3.98. The first-order valence-corrected chi connectivity index (χ1v) is 9.89. The third kappa shape index (κ3) is 3.85. The molecule has 1 saturated carbocycles. The zero-order chi connectivity index (χ0) is 13.2. The summed E-state index contributed by atoms with van der Waals surface area (Å²) in [6.07, 6.45) is 4.94. The highest BCUT2D eigenvalue weighted by Gasteiger charge is 2.35. The number of nitrogens with one attached hydrogen (secondary N) is 1. The van der Waals surface area contributed by atoms with Crippen molar-refractivity contribution in [2.75, 3.05) is 30.9 Å². The SMILES string of the molecule is CCC(CNC1CC1)N1CCSCC1S(C)(=O)=O. The fraction of sp³-hybridized carbons (Fsp3) is 1.00. The van der Waals surface area contributed by atoms with Gasteiger partial charge < -0.3 is 5.32 Å². The van der Waals surface area contributed by atoms with Crippen molar-refractivity contribution in [3.63, 3.8) is 0 Å². The first-order valence-electron chi connectivity index (χ1n) is 6.78. The van der Waals surface area contributed by atoms with E-state index in [4.69, 9.17) is 0 Å². The molecule has 0 aromatic rings. The van der Waals surface area contributed by atoms with Gasteiger partial charge in [0.05, 0.1) is 0 Å². The van der Waals surface area contributed by atoms with Gasteiger partial charge in [0.25, 0.3) is 0 Å². The van der Waals surface area contributed by atoms with Gasteiger partial charge in [-0.1, -0.05) is 6.92 Å². The van der Waals surface area contributed by atoms with Crippen LogP contribution in [0.25, 0.3) is 0 Å². The van der Waals surface area contributed by atoms with Crippen molar-refractivity contribution in [3.05, 3.63) is 0 Å². The van der Waals surface area contributed by atoms with Gasteiger partial charge in [-0.15, -0.1) is 0 Å². The lowest BCUT2D eigenvalue weighted by Crippen LogP contribution is -2.54. The largest absolute Gasteiger partial charge is 0.312 e. The Kier molecular flexibility index (Phi) is 4.97. The Morgan fingerprint density at radius 2 is 2.17 bits per heavy atom. The quantitative estimate of drug-likeness (QED) is 0.789. The molecule has 1 saturated heterocycles. The van der Waals surface area contributed by atoms with E-state index in [-0.39, 0.29) is 5.37 Å². The van der Waals surface area contributed by atoms with Crippen LogP contribution in [0.1, 0.15) is 26.2 Å². The Morgan fingerprint density at radius 1 is 1.44 bits per heavy atom. The summed E-state index contributed by atoms with van der Waals surface area (Å²) in [6, 6.07) is 1.04. The molecular weight excluding hydrogens is 268 g/mol. The van der Waals surface area contributed by atoms with Crippen LogP contribution in [0, 0.1) is 0 Å². The number of sulfone groups is 1. The predicted molar refractivity (Wildman–Crippen MR) is 77.8 cm³/mol. The van der Waals surface area contributed by atoms with Crippen molar-refractivity contribution in [1.29, 1.82) is 0 Å². The normalized spacial score (nSPS) is 28.2. The average molecular weight is 292 g/mol. The molecule has 1 N–H and O–H groups in total. The van der Waals surface area contributed by atoms with Gasteiger partial charge in [0, 0.05) is 42.9 Å². The first kappa shape index (κ1) is 14.6. The minimum atomic E-state index is -2.98. The van der Waals surface area contributed by atoms with Gasteiger partial charge in [-0.25, -0.2) is 8.42 Å². The van der Waals surface area contributed by atoms with Gasteiger partial charge in [-0.05, 0) is 19.3 Å². The molecule has 1 aliphatic carbocycles. The molecule has 4 nitrogen and oxygen atoms in total. The minimum absolute atomic E-state index is 0.290. The maximum atomic E-state index is 11.9. The summed E-state index contributed by atoms with van der Waals surface area (Å²) in [5, 5.41) is 3.24. The standard InChI is InChI=1S/C12H24N2O2S2/c1-3-11(8-13-10-4-5-10)14-6-7-17-9-12(14)18(2,15)16/h10-13H,3-9H2,1-2H3. The summed E-state index contributed by atoms with van der Waals surface area (Å²) < 4.78 is 23.8. The summed E-state index contributed by atoms with van der Waals surface area (Å²) in [5.41, 5.74) is 0. The molecule has 0 radical (unpaired) electrons. The van der Waals surface area contributed by atoms with E-state index in [1.807, 2.05) is 0 Å². The fourth-order valence-corrected chi connectivity index (χ4v) is 5.41. The number of hydrogen-bond donors (Lipinski definition) is 1. The number of thioether (sulfide) groups is 1. The molecule has 0 spiro atoms. The first-order chi connectivity index (χ1) is 8.52. The molecular formula is C12H24N2O2S2. The van der Waals surface area contributed by atoms with Gasteiger partial charge in [0.2, 0.25) is 0 Å². The van der Waals surface area contributed by atoms with E-state index < -0.39 is 9.84 Å². The molecule has 2 fully saturated rings. The molecule has 0 bridgehead atoms. The second kappa shape index (κ2) is 6.11. The maximum absolute atomic E-state index is 11.9. The van der Waals surface area contributed by atoms with Gasteiger partial charge in [-0.2, -0.15) is 11.8 Å². The molecule has 2 rings (SSSR count). The molecule has 2 atom stereocenters. The Bertz CT molecular complexity index is 368. The van der Waals surface area contributed by atoms with Crippen LogP contribution in [-0.2, 0) is 9.84 Å². The lowest BCUT2D eigenvalue weighted by atomic mass is 10.2. The van der Waals surface area contributed by atoms with E-state index in [2.05, 4.69) is 17.1 Å². The molecule has 1 aliphatic heterocycles. The van der Waals surface area contributed by atoms with Crippen LogP contribution in [0.3, 0.4) is 0 Å². The van der Waals surface area contributed by atoms with Crippen LogP contribution in [-0.4, -0.2) is 61.6 Å². The maximum Gasteiger partial charge on any atom is 0.164 e. The van der Waals surface area contributed by atoms with Crippen molar-refractivity contribution in [2.45, 2.75) is 43.6 Å². The van der Waals surface area contributed by atoms with Gasteiger partial charge in [0.15, 0.2) is 9.84 Å². The molecule has 106 valence electrons. The van der Waals surface area contributed by atoms with Gasteiger partial charge in [-0.3, -0.25) is 4.90 Å². The van der Waals surface area contributed by atoms with Crippen molar-refractivity contribution >= 4 is 21.6 Å². The van der Waals surface area contributed by atoms with Crippen LogP contribution in [0.5, 0.6) is 0 Å². The van der Waals surface area contributed by atoms with E-state index in [1.165, 1.54) is 19.1 Å². The molecule has 0 aromatic heterocycles. The third-order valence-electron chi connectivity index (χ3n) is 3.78. The Balaban J connectivity index is 2.00. The molecule has 6 heteroatoms. The minimum Gasteiger partial charge on any atom is -0.312 e. The van der Waals surface area contributed by atoms with Crippen molar-refractivity contribution in [3.8, 4) is 0 Å². The van der Waals surface area contributed by atoms with Gasteiger partial charge in [0.1, 0.15) is 5.37 Å².